The van der Waals surface area contributed by atoms with Crippen LogP contribution in [-0.2, 0) is 0 Å². The number of allylic oxidation sites excluding steroid dienone is 1. The van der Waals surface area contributed by atoms with Gasteiger partial charge in [0.1, 0.15) is 0 Å². The molecule has 0 saturated heterocycles. The van der Waals surface area contributed by atoms with Gasteiger partial charge in [-0.2, -0.15) is 0 Å². The van der Waals surface area contributed by atoms with Gasteiger partial charge < -0.3 is 0 Å². The lowest BCUT2D eigenvalue weighted by Gasteiger charge is -1.81. The van der Waals surface area contributed by atoms with Gasteiger partial charge in [-0.25, -0.2) is 0 Å². The van der Waals surface area contributed by atoms with Gasteiger partial charge >= 0.3 is 0 Å². The summed E-state index contributed by atoms with van der Waals surface area (Å²) in [7, 11) is 0. The Morgan fingerprint density at radius 2 is 2.29 bits per heavy atom. The Morgan fingerprint density at radius 1 is 1.71 bits per heavy atom. The fraction of sp³-hybridized carbons (Fsp3) is 0.429. The molecule has 7 heavy (non-hydrogen) atoms. The molecule has 0 rings (SSSR count). The van der Waals surface area contributed by atoms with Crippen LogP contribution in [-0.4, -0.2) is 0 Å². The van der Waals surface area contributed by atoms with Crippen molar-refractivity contribution in [1.29, 1.82) is 0 Å². The van der Waals surface area contributed by atoms with Gasteiger partial charge in [0.15, 0.2) is 0 Å². The van der Waals surface area contributed by atoms with E-state index in [0.717, 1.165) is 12.0 Å². The van der Waals surface area contributed by atoms with E-state index in [1.165, 1.54) is 0 Å². The highest BCUT2D eigenvalue weighted by Crippen LogP contribution is 1.90. The molecule has 0 atom stereocenters. The highest BCUT2D eigenvalue weighted by molar-refractivity contribution is 5.06. The van der Waals surface area contributed by atoms with E-state index in [1.54, 1.807) is 0 Å². The van der Waals surface area contributed by atoms with Crippen molar-refractivity contribution < 1.29 is 0 Å². The second kappa shape index (κ2) is 3.49. The fourth-order valence-corrected chi connectivity index (χ4v) is 0.239. The molecule has 0 heteroatoms. The second-order valence-corrected chi connectivity index (χ2v) is 1.56. The van der Waals surface area contributed by atoms with Crippen LogP contribution < -0.4 is 0 Å². The highest BCUT2D eigenvalue weighted by Gasteiger charge is 1.73. The maximum atomic E-state index is 3.69. The van der Waals surface area contributed by atoms with Crippen molar-refractivity contribution in [2.75, 3.05) is 0 Å². The number of hydrogen-bond acceptors (Lipinski definition) is 0. The lowest BCUT2D eigenvalue weighted by molar-refractivity contribution is 1.27. The zero-order valence-electron chi connectivity index (χ0n) is 4.91. The SMILES string of the molecule is C=C(C)CC#CC. The summed E-state index contributed by atoms with van der Waals surface area (Å²) in [5.74, 6) is 5.69. The van der Waals surface area contributed by atoms with Crippen LogP contribution in [0.3, 0.4) is 0 Å². The predicted molar refractivity (Wildman–Crippen MR) is 32.9 cm³/mol. The first kappa shape index (κ1) is 6.30. The molecule has 0 amide bonds. The molecule has 0 aromatic rings. The van der Waals surface area contributed by atoms with E-state index in [1.807, 2.05) is 13.8 Å². The van der Waals surface area contributed by atoms with Gasteiger partial charge in [0, 0.05) is 6.42 Å². The van der Waals surface area contributed by atoms with E-state index < -0.39 is 0 Å². The highest BCUT2D eigenvalue weighted by atomic mass is 13.8. The fourth-order valence-electron chi connectivity index (χ4n) is 0.239. The van der Waals surface area contributed by atoms with Crippen molar-refractivity contribution in [2.45, 2.75) is 20.3 Å². The molecule has 0 N–H and O–H groups in total. The van der Waals surface area contributed by atoms with E-state index in [4.69, 9.17) is 0 Å². The van der Waals surface area contributed by atoms with Crippen LogP contribution >= 0.6 is 0 Å². The molecule has 0 aliphatic carbocycles. The molecular weight excluding hydrogens is 84.1 g/mol. The van der Waals surface area contributed by atoms with Crippen molar-refractivity contribution in [3.63, 3.8) is 0 Å². The molecule has 0 heterocycles. The van der Waals surface area contributed by atoms with Crippen LogP contribution in [0, 0.1) is 11.8 Å². The summed E-state index contributed by atoms with van der Waals surface area (Å²) < 4.78 is 0. The summed E-state index contributed by atoms with van der Waals surface area (Å²) >= 11 is 0. The predicted octanol–water partition coefficient (Wildman–Crippen LogP) is 1.98. The summed E-state index contributed by atoms with van der Waals surface area (Å²) in [6.45, 7) is 7.50. The first-order valence-corrected chi connectivity index (χ1v) is 2.31. The normalized spacial score (nSPS) is 6.57. The minimum atomic E-state index is 0.844. The largest absolute Gasteiger partial charge is 0.106 e. The standard InChI is InChI=1S/C7H10/c1-4-5-6-7(2)3/h2,6H2,1,3H3. The van der Waals surface area contributed by atoms with Gasteiger partial charge in [0.2, 0.25) is 0 Å². The summed E-state index contributed by atoms with van der Waals surface area (Å²) in [6, 6.07) is 0. The summed E-state index contributed by atoms with van der Waals surface area (Å²) in [6.07, 6.45) is 0.844. The zero-order valence-corrected chi connectivity index (χ0v) is 4.91. The molecule has 0 aromatic heterocycles. The molecule has 0 unspecified atom stereocenters. The summed E-state index contributed by atoms with van der Waals surface area (Å²) in [4.78, 5) is 0. The molecule has 0 aliphatic heterocycles. The van der Waals surface area contributed by atoms with Crippen molar-refractivity contribution >= 4 is 0 Å². The Morgan fingerprint density at radius 3 is 2.43 bits per heavy atom. The number of hydrogen-bond donors (Lipinski definition) is 0. The second-order valence-electron chi connectivity index (χ2n) is 1.56. The summed E-state index contributed by atoms with van der Waals surface area (Å²) in [5, 5.41) is 0. The molecule has 0 radical (unpaired) electrons. The van der Waals surface area contributed by atoms with E-state index in [9.17, 15) is 0 Å². The summed E-state index contributed by atoms with van der Waals surface area (Å²) in [5.41, 5.74) is 1.13. The average molecular weight is 94.2 g/mol. The Balaban J connectivity index is 3.26. The van der Waals surface area contributed by atoms with E-state index in [2.05, 4.69) is 18.4 Å². The van der Waals surface area contributed by atoms with E-state index in [0.29, 0.717) is 0 Å². The van der Waals surface area contributed by atoms with Crippen LogP contribution in [0.15, 0.2) is 12.2 Å². The third kappa shape index (κ3) is 5.30. The smallest absolute Gasteiger partial charge is 0.0293 e. The maximum Gasteiger partial charge on any atom is 0.0293 e. The number of rotatable bonds is 1. The first-order valence-electron chi connectivity index (χ1n) is 2.31. The molecule has 0 saturated carbocycles. The van der Waals surface area contributed by atoms with E-state index in [-0.39, 0.29) is 0 Å². The topological polar surface area (TPSA) is 0 Å². The van der Waals surface area contributed by atoms with Crippen molar-refractivity contribution in [1.82, 2.24) is 0 Å². The van der Waals surface area contributed by atoms with Crippen LogP contribution in [0.25, 0.3) is 0 Å². The molecule has 0 aromatic carbocycles. The molecule has 0 fully saturated rings. The third-order valence-corrected chi connectivity index (χ3v) is 0.567. The van der Waals surface area contributed by atoms with Crippen molar-refractivity contribution in [2.24, 2.45) is 0 Å². The van der Waals surface area contributed by atoms with Gasteiger partial charge in [0.25, 0.3) is 0 Å². The van der Waals surface area contributed by atoms with Crippen LogP contribution in [0.1, 0.15) is 20.3 Å². The van der Waals surface area contributed by atoms with Crippen molar-refractivity contribution in [3.05, 3.63) is 12.2 Å². The van der Waals surface area contributed by atoms with Gasteiger partial charge in [-0.1, -0.05) is 18.1 Å². The van der Waals surface area contributed by atoms with Crippen LogP contribution in [0.5, 0.6) is 0 Å². The molecule has 0 bridgehead atoms. The van der Waals surface area contributed by atoms with E-state index >= 15 is 0 Å². The quantitative estimate of drug-likeness (QED) is 0.344. The molecule has 0 spiro atoms. The van der Waals surface area contributed by atoms with Gasteiger partial charge in [-0.05, 0) is 13.8 Å². The van der Waals surface area contributed by atoms with Crippen LogP contribution in [0.2, 0.25) is 0 Å². The third-order valence-electron chi connectivity index (χ3n) is 0.567. The molecule has 38 valence electrons. The first-order chi connectivity index (χ1) is 3.27. The lowest BCUT2D eigenvalue weighted by Crippen LogP contribution is -1.64. The molecular formula is C7H10. The van der Waals surface area contributed by atoms with Gasteiger partial charge in [-0.3, -0.25) is 0 Å². The van der Waals surface area contributed by atoms with Gasteiger partial charge in [-0.15, -0.1) is 5.92 Å². The van der Waals surface area contributed by atoms with Gasteiger partial charge in [0.05, 0.1) is 0 Å². The average Bonchev–Trinajstić information content (AvgIpc) is 1.61. The van der Waals surface area contributed by atoms with Crippen LogP contribution in [0.4, 0.5) is 0 Å². The minimum absolute atomic E-state index is 0.844. The Labute approximate surface area is 45.2 Å². The Bertz CT molecular complexity index is 110. The lowest BCUT2D eigenvalue weighted by atomic mass is 10.2. The monoisotopic (exact) mass is 94.1 g/mol. The zero-order chi connectivity index (χ0) is 5.70. The molecule has 0 nitrogen and oxygen atoms in total. The minimum Gasteiger partial charge on any atom is -0.106 e. The molecule has 0 aliphatic rings. The van der Waals surface area contributed by atoms with Crippen molar-refractivity contribution in [3.8, 4) is 11.8 Å². The maximum absolute atomic E-state index is 3.69. The Hall–Kier alpha value is -0.700. The Kier molecular flexibility index (Phi) is 3.14.